The highest BCUT2D eigenvalue weighted by Crippen LogP contribution is 2.47. The fraction of sp³-hybridized carbons (Fsp3) is 0.438. The van der Waals surface area contributed by atoms with Crippen molar-refractivity contribution in [3.05, 3.63) is 30.5 Å². The van der Waals surface area contributed by atoms with Gasteiger partial charge in [0.15, 0.2) is 0 Å². The summed E-state index contributed by atoms with van der Waals surface area (Å²) in [5.74, 6) is 1.47. The van der Waals surface area contributed by atoms with Crippen LogP contribution in [-0.2, 0) is 4.74 Å². The number of anilines is 2. The average molecular weight is 269 g/mol. The zero-order valence-corrected chi connectivity index (χ0v) is 11.4. The summed E-state index contributed by atoms with van der Waals surface area (Å²) in [6, 6.07) is 8.14. The zero-order chi connectivity index (χ0) is 13.6. The molecule has 2 bridgehead atoms. The molecule has 0 atom stereocenters. The molecule has 0 unspecified atom stereocenters. The van der Waals surface area contributed by atoms with Gasteiger partial charge in [-0.2, -0.15) is 0 Å². The van der Waals surface area contributed by atoms with Gasteiger partial charge in [0.2, 0.25) is 0 Å². The fourth-order valence-electron chi connectivity index (χ4n) is 3.59. The molecule has 5 rings (SSSR count). The minimum atomic E-state index is 0.0731. The summed E-state index contributed by atoms with van der Waals surface area (Å²) in [6.45, 7) is 1.80. The van der Waals surface area contributed by atoms with Crippen molar-refractivity contribution in [3.63, 3.8) is 0 Å². The van der Waals surface area contributed by atoms with Crippen LogP contribution in [0.3, 0.4) is 0 Å². The van der Waals surface area contributed by atoms with E-state index in [-0.39, 0.29) is 5.60 Å². The molecular weight excluding hydrogens is 250 g/mol. The first-order chi connectivity index (χ1) is 9.76. The fourth-order valence-corrected chi connectivity index (χ4v) is 3.59. The average Bonchev–Trinajstić information content (AvgIpc) is 2.45. The third kappa shape index (κ3) is 1.83. The molecule has 2 aromatic rings. The van der Waals surface area contributed by atoms with E-state index >= 15 is 0 Å². The minimum absolute atomic E-state index is 0.0731. The van der Waals surface area contributed by atoms with Crippen molar-refractivity contribution in [2.45, 2.75) is 24.9 Å². The van der Waals surface area contributed by atoms with Crippen LogP contribution in [0.1, 0.15) is 19.3 Å². The second-order valence-corrected chi connectivity index (χ2v) is 6.04. The Hall–Kier alpha value is -1.81. The van der Waals surface area contributed by atoms with Gasteiger partial charge < -0.3 is 15.8 Å². The van der Waals surface area contributed by atoms with Crippen LogP contribution in [-0.4, -0.2) is 23.7 Å². The Labute approximate surface area is 118 Å². The number of nitrogens with two attached hydrogens (primary N) is 1. The summed E-state index contributed by atoms with van der Waals surface area (Å²) in [4.78, 5) is 4.15. The molecule has 3 aliphatic rings. The van der Waals surface area contributed by atoms with Crippen molar-refractivity contribution in [3.8, 4) is 0 Å². The highest BCUT2D eigenvalue weighted by Gasteiger charge is 2.48. The predicted molar refractivity (Wildman–Crippen MR) is 80.7 cm³/mol. The Balaban J connectivity index is 1.58. The topological polar surface area (TPSA) is 60.2 Å². The van der Waals surface area contributed by atoms with Gasteiger partial charge in [-0.15, -0.1) is 0 Å². The summed E-state index contributed by atoms with van der Waals surface area (Å²) >= 11 is 0. The van der Waals surface area contributed by atoms with E-state index < -0.39 is 0 Å². The highest BCUT2D eigenvalue weighted by molar-refractivity contribution is 5.99. The largest absolute Gasteiger partial charge is 0.383 e. The van der Waals surface area contributed by atoms with Crippen molar-refractivity contribution in [1.82, 2.24) is 4.98 Å². The highest BCUT2D eigenvalue weighted by atomic mass is 16.5. The number of fused-ring (bicyclic) bond motifs is 3. The Morgan fingerprint density at radius 3 is 3.00 bits per heavy atom. The smallest absolute Gasteiger partial charge is 0.131 e. The van der Waals surface area contributed by atoms with E-state index in [1.165, 1.54) is 19.3 Å². The molecule has 1 saturated carbocycles. The van der Waals surface area contributed by atoms with E-state index in [2.05, 4.69) is 16.4 Å². The maximum absolute atomic E-state index is 5.99. The number of nitrogens with zero attached hydrogens (tertiary/aromatic N) is 1. The summed E-state index contributed by atoms with van der Waals surface area (Å²) in [7, 11) is 0. The minimum Gasteiger partial charge on any atom is -0.383 e. The lowest BCUT2D eigenvalue weighted by Gasteiger charge is -2.52. The normalized spacial score (nSPS) is 28.1. The van der Waals surface area contributed by atoms with E-state index in [9.17, 15) is 0 Å². The van der Waals surface area contributed by atoms with Crippen LogP contribution in [0.2, 0.25) is 0 Å². The monoisotopic (exact) mass is 269 g/mol. The molecule has 3 N–H and O–H groups in total. The molecule has 0 radical (unpaired) electrons. The molecule has 2 saturated heterocycles. The molecule has 1 aromatic carbocycles. The molecular formula is C16H19N3O. The van der Waals surface area contributed by atoms with Crippen LogP contribution in [0.25, 0.3) is 10.8 Å². The molecule has 4 heteroatoms. The lowest BCUT2D eigenvalue weighted by molar-refractivity contribution is -0.168. The molecule has 1 aliphatic carbocycles. The Bertz CT molecular complexity index is 644. The Morgan fingerprint density at radius 2 is 2.20 bits per heavy atom. The third-order valence-electron chi connectivity index (χ3n) is 4.69. The molecule has 3 heterocycles. The predicted octanol–water partition coefficient (Wildman–Crippen LogP) is 2.80. The van der Waals surface area contributed by atoms with Gasteiger partial charge in [0.25, 0.3) is 0 Å². The second-order valence-electron chi connectivity index (χ2n) is 6.04. The standard InChI is InChI=1S/C16H19N3O/c17-15-13-2-1-3-14(12(13)4-6-18-15)19-10-16-8-11(9-16)5-7-20-16/h1-4,6,11,19H,5,7-10H2,(H2,17,18). The van der Waals surface area contributed by atoms with Gasteiger partial charge in [-0.05, 0) is 37.3 Å². The second kappa shape index (κ2) is 4.35. The number of nitrogens with one attached hydrogen (secondary N) is 1. The van der Waals surface area contributed by atoms with Crippen molar-refractivity contribution in [2.24, 2.45) is 5.92 Å². The van der Waals surface area contributed by atoms with Crippen LogP contribution in [0.4, 0.5) is 11.5 Å². The quantitative estimate of drug-likeness (QED) is 0.899. The van der Waals surface area contributed by atoms with Crippen molar-refractivity contribution >= 4 is 22.3 Å². The molecule has 4 nitrogen and oxygen atoms in total. The van der Waals surface area contributed by atoms with E-state index in [4.69, 9.17) is 10.5 Å². The molecule has 104 valence electrons. The van der Waals surface area contributed by atoms with Crippen LogP contribution in [0.15, 0.2) is 30.5 Å². The maximum Gasteiger partial charge on any atom is 0.131 e. The Morgan fingerprint density at radius 1 is 1.30 bits per heavy atom. The lowest BCUT2D eigenvalue weighted by Crippen LogP contribution is -2.55. The molecule has 0 amide bonds. The Kier molecular flexibility index (Phi) is 2.60. The van der Waals surface area contributed by atoms with Crippen LogP contribution in [0.5, 0.6) is 0 Å². The van der Waals surface area contributed by atoms with Crippen molar-refractivity contribution in [1.29, 1.82) is 0 Å². The SMILES string of the molecule is Nc1nccc2c(NCC34CC(CCO3)C4)cccc12. The summed E-state index contributed by atoms with van der Waals surface area (Å²) in [6.07, 6.45) is 5.40. The number of ether oxygens (including phenoxy) is 1. The van der Waals surface area contributed by atoms with Crippen LogP contribution >= 0.6 is 0 Å². The third-order valence-corrected chi connectivity index (χ3v) is 4.69. The summed E-state index contributed by atoms with van der Waals surface area (Å²) in [5, 5.41) is 5.69. The number of aromatic nitrogens is 1. The number of nitrogen functional groups attached to an aromatic ring is 1. The summed E-state index contributed by atoms with van der Waals surface area (Å²) < 4.78 is 5.99. The van der Waals surface area contributed by atoms with Gasteiger partial charge in [0, 0.05) is 35.8 Å². The first-order valence-corrected chi connectivity index (χ1v) is 7.27. The zero-order valence-electron chi connectivity index (χ0n) is 11.4. The van der Waals surface area contributed by atoms with Crippen molar-refractivity contribution < 1.29 is 4.74 Å². The van der Waals surface area contributed by atoms with Gasteiger partial charge >= 0.3 is 0 Å². The number of hydrogen-bond acceptors (Lipinski definition) is 4. The van der Waals surface area contributed by atoms with Crippen LogP contribution < -0.4 is 11.1 Å². The van der Waals surface area contributed by atoms with Gasteiger partial charge in [-0.25, -0.2) is 4.98 Å². The molecule has 2 aliphatic heterocycles. The first-order valence-electron chi connectivity index (χ1n) is 7.27. The molecule has 20 heavy (non-hydrogen) atoms. The van der Waals surface area contributed by atoms with Crippen molar-refractivity contribution in [2.75, 3.05) is 24.2 Å². The van der Waals surface area contributed by atoms with E-state index in [0.717, 1.165) is 35.5 Å². The first kappa shape index (κ1) is 12.0. The van der Waals surface area contributed by atoms with Gasteiger partial charge in [0.05, 0.1) is 5.60 Å². The lowest BCUT2D eigenvalue weighted by atomic mass is 9.67. The molecule has 3 fully saturated rings. The van der Waals surface area contributed by atoms with E-state index in [1.54, 1.807) is 6.20 Å². The van der Waals surface area contributed by atoms with Gasteiger partial charge in [-0.3, -0.25) is 0 Å². The van der Waals surface area contributed by atoms with Gasteiger partial charge in [-0.1, -0.05) is 12.1 Å². The number of hydrogen-bond donors (Lipinski definition) is 2. The van der Waals surface area contributed by atoms with Crippen LogP contribution in [0, 0.1) is 5.92 Å². The number of pyridine rings is 1. The number of rotatable bonds is 3. The summed E-state index contributed by atoms with van der Waals surface area (Å²) in [5.41, 5.74) is 7.12. The van der Waals surface area contributed by atoms with Gasteiger partial charge in [0.1, 0.15) is 5.82 Å². The van der Waals surface area contributed by atoms with E-state index in [0.29, 0.717) is 5.82 Å². The van der Waals surface area contributed by atoms with E-state index in [1.807, 2.05) is 18.2 Å². The maximum atomic E-state index is 5.99. The number of benzene rings is 1. The molecule has 1 aromatic heterocycles. The molecule has 0 spiro atoms.